The number of piperidine rings is 1. The molecule has 1 aliphatic rings. The second-order valence-corrected chi connectivity index (χ2v) is 11.0. The van der Waals surface area contributed by atoms with Crippen LogP contribution in [0.4, 0.5) is 17.6 Å². The number of halogens is 4. The number of nitrogens with zero attached hydrogens (tertiary/aromatic N) is 7. The van der Waals surface area contributed by atoms with Gasteiger partial charge in [-0.3, -0.25) is 18.9 Å². The zero-order valence-electron chi connectivity index (χ0n) is 23.6. The van der Waals surface area contributed by atoms with E-state index in [4.69, 9.17) is 5.73 Å². The predicted molar refractivity (Wildman–Crippen MR) is 150 cm³/mol. The zero-order chi connectivity index (χ0) is 31.2. The third-order valence-corrected chi connectivity index (χ3v) is 7.90. The van der Waals surface area contributed by atoms with Gasteiger partial charge in [0.1, 0.15) is 11.3 Å². The molecule has 5 aromatic rings. The summed E-state index contributed by atoms with van der Waals surface area (Å²) in [6, 6.07) is 11.6. The van der Waals surface area contributed by atoms with Crippen LogP contribution in [-0.2, 0) is 32.9 Å². The minimum absolute atomic E-state index is 0.0212. The number of alkyl halides is 3. The monoisotopic (exact) mass is 612 g/mol. The number of benzene rings is 2. The molecule has 3 aromatic heterocycles. The summed E-state index contributed by atoms with van der Waals surface area (Å²) >= 11 is 0. The molecule has 44 heavy (non-hydrogen) atoms. The third kappa shape index (κ3) is 5.73. The van der Waals surface area contributed by atoms with Crippen LogP contribution in [0.2, 0.25) is 0 Å². The standard InChI is InChI=1S/C29H28F4N8O3/c1-39-24(18-4-2-17(13-34)3-5-18)22-23(37-39)26(42)41(16-35-22)15-28(43)8-10-40(11-9-28)14-20-7-6-19(12-21(20)30)25-36-27(44-38-25)29(31,32)33/h2-7,12,16,43H,8-11,13-15,34H2,1H3. The van der Waals surface area contributed by atoms with Gasteiger partial charge in [0.15, 0.2) is 5.52 Å². The van der Waals surface area contributed by atoms with E-state index in [1.54, 1.807) is 11.7 Å². The largest absolute Gasteiger partial charge is 0.471 e. The van der Waals surface area contributed by atoms with E-state index in [9.17, 15) is 27.5 Å². The Balaban J connectivity index is 1.12. The molecule has 0 saturated carbocycles. The number of aliphatic hydroxyl groups is 1. The number of fused-ring (bicyclic) bond motifs is 1. The molecule has 0 amide bonds. The van der Waals surface area contributed by atoms with Crippen LogP contribution in [0.15, 0.2) is 58.1 Å². The van der Waals surface area contributed by atoms with Gasteiger partial charge in [0.25, 0.3) is 5.56 Å². The summed E-state index contributed by atoms with van der Waals surface area (Å²) in [5.74, 6) is -2.50. The Morgan fingerprint density at radius 3 is 2.41 bits per heavy atom. The van der Waals surface area contributed by atoms with Crippen molar-refractivity contribution in [2.45, 2.75) is 44.3 Å². The topological polar surface area (TPSA) is 141 Å². The highest BCUT2D eigenvalue weighted by atomic mass is 19.4. The molecule has 6 rings (SSSR count). The van der Waals surface area contributed by atoms with Crippen molar-refractivity contribution in [1.29, 1.82) is 0 Å². The van der Waals surface area contributed by atoms with E-state index < -0.39 is 23.5 Å². The van der Waals surface area contributed by atoms with Crippen molar-refractivity contribution in [3.63, 3.8) is 0 Å². The molecular formula is C29H28F4N8O3. The molecule has 0 unspecified atom stereocenters. The van der Waals surface area contributed by atoms with Gasteiger partial charge in [-0.1, -0.05) is 41.6 Å². The second kappa shape index (κ2) is 11.2. The van der Waals surface area contributed by atoms with E-state index in [2.05, 4.69) is 24.7 Å². The maximum Gasteiger partial charge on any atom is 0.471 e. The number of aryl methyl sites for hydroxylation is 1. The van der Waals surface area contributed by atoms with Gasteiger partial charge >= 0.3 is 12.1 Å². The Bertz CT molecular complexity index is 1870. The van der Waals surface area contributed by atoms with Crippen LogP contribution < -0.4 is 11.3 Å². The Morgan fingerprint density at radius 1 is 1.07 bits per heavy atom. The summed E-state index contributed by atoms with van der Waals surface area (Å²) in [6.07, 6.45) is -2.73. The molecular weight excluding hydrogens is 584 g/mol. The first kappa shape index (κ1) is 29.6. The lowest BCUT2D eigenvalue weighted by atomic mass is 9.91. The highest BCUT2D eigenvalue weighted by molar-refractivity contribution is 5.89. The fraction of sp³-hybridized carbons (Fsp3) is 0.345. The summed E-state index contributed by atoms with van der Waals surface area (Å²) in [4.78, 5) is 23.1. The molecule has 230 valence electrons. The highest BCUT2D eigenvalue weighted by Crippen LogP contribution is 2.31. The van der Waals surface area contributed by atoms with Crippen molar-refractivity contribution in [3.8, 4) is 22.6 Å². The number of likely N-dealkylation sites (tertiary alicyclic amines) is 1. The molecule has 1 fully saturated rings. The van der Waals surface area contributed by atoms with Gasteiger partial charge < -0.3 is 15.4 Å². The lowest BCUT2D eigenvalue weighted by Crippen LogP contribution is -2.47. The van der Waals surface area contributed by atoms with Crippen LogP contribution in [0, 0.1) is 5.82 Å². The molecule has 4 heterocycles. The molecule has 11 nitrogen and oxygen atoms in total. The molecule has 0 spiro atoms. The molecule has 0 atom stereocenters. The van der Waals surface area contributed by atoms with Crippen molar-refractivity contribution in [2.24, 2.45) is 12.8 Å². The normalized spacial score (nSPS) is 15.7. The molecule has 1 aliphatic heterocycles. The number of hydrogen-bond acceptors (Lipinski definition) is 9. The molecule has 2 aromatic carbocycles. The summed E-state index contributed by atoms with van der Waals surface area (Å²) in [7, 11) is 1.74. The van der Waals surface area contributed by atoms with E-state index in [1.165, 1.54) is 23.0 Å². The average Bonchev–Trinajstić information content (AvgIpc) is 3.63. The molecule has 15 heteroatoms. The van der Waals surface area contributed by atoms with E-state index in [0.717, 1.165) is 17.2 Å². The quantitative estimate of drug-likeness (QED) is 0.264. The Hall–Kier alpha value is -4.47. The summed E-state index contributed by atoms with van der Waals surface area (Å²) in [5, 5.41) is 19.1. The fourth-order valence-electron chi connectivity index (χ4n) is 5.44. The molecule has 3 N–H and O–H groups in total. The average molecular weight is 613 g/mol. The van der Waals surface area contributed by atoms with Gasteiger partial charge in [0.2, 0.25) is 5.82 Å². The van der Waals surface area contributed by atoms with E-state index in [0.29, 0.717) is 49.2 Å². The summed E-state index contributed by atoms with van der Waals surface area (Å²) in [6.45, 7) is 1.51. The maximum atomic E-state index is 14.9. The summed E-state index contributed by atoms with van der Waals surface area (Å²) < 4.78 is 60.3. The SMILES string of the molecule is Cn1nc2c(=O)n(CC3(O)CCN(Cc4ccc(-c5noc(C(F)(F)F)n5)cc4F)CC3)cnc2c1-c1ccc(CN)cc1. The first-order valence-corrected chi connectivity index (χ1v) is 13.8. The Labute approximate surface area is 247 Å². The number of rotatable bonds is 7. The van der Waals surface area contributed by atoms with Crippen molar-refractivity contribution in [3.05, 3.63) is 82.0 Å². The third-order valence-electron chi connectivity index (χ3n) is 7.90. The first-order valence-electron chi connectivity index (χ1n) is 13.8. The van der Waals surface area contributed by atoms with Crippen molar-refractivity contribution in [1.82, 2.24) is 34.4 Å². The Kier molecular flexibility index (Phi) is 7.55. The summed E-state index contributed by atoms with van der Waals surface area (Å²) in [5.41, 5.74) is 7.71. The van der Waals surface area contributed by atoms with Crippen molar-refractivity contribution in [2.75, 3.05) is 13.1 Å². The van der Waals surface area contributed by atoms with Gasteiger partial charge in [-0.25, -0.2) is 9.37 Å². The van der Waals surface area contributed by atoms with Gasteiger partial charge in [-0.2, -0.15) is 23.3 Å². The molecule has 1 saturated heterocycles. The number of hydrogen-bond donors (Lipinski definition) is 2. The van der Waals surface area contributed by atoms with Crippen LogP contribution in [-0.4, -0.2) is 58.2 Å². The van der Waals surface area contributed by atoms with Gasteiger partial charge in [-0.15, -0.1) is 0 Å². The van der Waals surface area contributed by atoms with Crippen LogP contribution in [0.3, 0.4) is 0 Å². The van der Waals surface area contributed by atoms with Crippen LogP contribution in [0.1, 0.15) is 29.9 Å². The molecule has 0 aliphatic carbocycles. The van der Waals surface area contributed by atoms with Crippen LogP contribution in [0.25, 0.3) is 33.7 Å². The molecule has 0 bridgehead atoms. The van der Waals surface area contributed by atoms with Crippen LogP contribution in [0.5, 0.6) is 0 Å². The minimum Gasteiger partial charge on any atom is -0.388 e. The Morgan fingerprint density at radius 2 is 1.77 bits per heavy atom. The van der Waals surface area contributed by atoms with E-state index in [-0.39, 0.29) is 35.6 Å². The maximum absolute atomic E-state index is 14.9. The number of aromatic nitrogens is 6. The fourth-order valence-corrected chi connectivity index (χ4v) is 5.44. The smallest absolute Gasteiger partial charge is 0.388 e. The first-order chi connectivity index (χ1) is 20.9. The van der Waals surface area contributed by atoms with Crippen molar-refractivity contribution >= 4 is 11.0 Å². The van der Waals surface area contributed by atoms with Gasteiger partial charge in [0, 0.05) is 49.9 Å². The van der Waals surface area contributed by atoms with Gasteiger partial charge in [0.05, 0.1) is 24.2 Å². The molecule has 0 radical (unpaired) electrons. The zero-order valence-corrected chi connectivity index (χ0v) is 23.6. The lowest BCUT2D eigenvalue weighted by molar-refractivity contribution is -0.159. The van der Waals surface area contributed by atoms with Gasteiger partial charge in [-0.05, 0) is 24.5 Å². The lowest BCUT2D eigenvalue weighted by Gasteiger charge is -2.38. The predicted octanol–water partition coefficient (Wildman–Crippen LogP) is 3.49. The minimum atomic E-state index is -4.79. The number of nitrogens with two attached hydrogens (primary N) is 1. The van der Waals surface area contributed by atoms with E-state index >= 15 is 0 Å². The highest BCUT2D eigenvalue weighted by Gasteiger charge is 2.38. The van der Waals surface area contributed by atoms with Crippen molar-refractivity contribution < 1.29 is 27.2 Å². The van der Waals surface area contributed by atoms with Crippen LogP contribution >= 0.6 is 0 Å². The second-order valence-electron chi connectivity index (χ2n) is 11.0. The van der Waals surface area contributed by atoms with E-state index in [1.807, 2.05) is 29.2 Å².